The topological polar surface area (TPSA) is 102 Å². The average Bonchev–Trinajstić information content (AvgIpc) is 2.50. The van der Waals surface area contributed by atoms with Gasteiger partial charge in [-0.15, -0.1) is 0 Å². The summed E-state index contributed by atoms with van der Waals surface area (Å²) in [5, 5.41) is -0.0444. The number of benzene rings is 1. The fraction of sp³-hybridized carbons (Fsp3) is 0.286. The van der Waals surface area contributed by atoms with Crippen molar-refractivity contribution in [3.05, 3.63) is 29.3 Å². The first-order chi connectivity index (χ1) is 10.9. The highest BCUT2D eigenvalue weighted by Gasteiger charge is 2.36. The molecule has 1 aromatic carbocycles. The van der Waals surface area contributed by atoms with Crippen LogP contribution in [0.2, 0.25) is 5.02 Å². The second kappa shape index (κ2) is 7.47. The minimum Gasteiger partial charge on any atom is -0.468 e. The second-order valence-corrected chi connectivity index (χ2v) is 6.25. The van der Waals surface area contributed by atoms with Crippen molar-refractivity contribution >= 4 is 52.0 Å². The number of ether oxygens (including phenoxy) is 1. The number of amides is 2. The van der Waals surface area contributed by atoms with Crippen molar-refractivity contribution in [1.29, 1.82) is 0 Å². The van der Waals surface area contributed by atoms with E-state index in [0.717, 1.165) is 11.8 Å². The van der Waals surface area contributed by atoms with Crippen molar-refractivity contribution in [2.75, 3.05) is 13.7 Å². The third-order valence-corrected chi connectivity index (χ3v) is 4.45. The van der Waals surface area contributed by atoms with Gasteiger partial charge >= 0.3 is 5.97 Å². The van der Waals surface area contributed by atoms with Gasteiger partial charge in [-0.05, 0) is 18.2 Å². The highest BCUT2D eigenvalue weighted by atomic mass is 35.5. The molecule has 9 heteroatoms. The molecular formula is C14H14ClN3O4S. The third kappa shape index (κ3) is 4.46. The van der Waals surface area contributed by atoms with Crippen molar-refractivity contribution in [1.82, 2.24) is 4.90 Å². The van der Waals surface area contributed by atoms with Gasteiger partial charge in [0.05, 0.1) is 18.0 Å². The Morgan fingerprint density at radius 3 is 2.87 bits per heavy atom. The minimum absolute atomic E-state index is 0.0917. The molecule has 1 fully saturated rings. The van der Waals surface area contributed by atoms with E-state index in [1.807, 2.05) is 0 Å². The monoisotopic (exact) mass is 355 g/mol. The summed E-state index contributed by atoms with van der Waals surface area (Å²) in [6.45, 7) is -0.285. The highest BCUT2D eigenvalue weighted by molar-refractivity contribution is 8.15. The number of aliphatic imine (C=N–C) groups is 1. The van der Waals surface area contributed by atoms with E-state index in [1.165, 1.54) is 12.0 Å². The zero-order chi connectivity index (χ0) is 17.0. The van der Waals surface area contributed by atoms with Crippen LogP contribution in [0, 0.1) is 0 Å². The number of nitrogens with two attached hydrogens (primary N) is 1. The van der Waals surface area contributed by atoms with Gasteiger partial charge in [-0.3, -0.25) is 19.3 Å². The summed E-state index contributed by atoms with van der Waals surface area (Å²) in [5.41, 5.74) is 5.78. The molecule has 122 valence electrons. The summed E-state index contributed by atoms with van der Waals surface area (Å²) < 4.78 is 4.58. The van der Waals surface area contributed by atoms with Crippen LogP contribution in [0.25, 0.3) is 0 Å². The van der Waals surface area contributed by atoms with Gasteiger partial charge in [0, 0.05) is 11.4 Å². The van der Waals surface area contributed by atoms with Gasteiger partial charge in [-0.1, -0.05) is 29.4 Å². The maximum Gasteiger partial charge on any atom is 0.325 e. The van der Waals surface area contributed by atoms with Gasteiger partial charge in [0.1, 0.15) is 6.54 Å². The van der Waals surface area contributed by atoms with Crippen LogP contribution >= 0.6 is 23.4 Å². The van der Waals surface area contributed by atoms with E-state index >= 15 is 0 Å². The summed E-state index contributed by atoms with van der Waals surface area (Å²) in [6.07, 6.45) is -0.0917. The number of carbonyl (C=O) groups excluding carboxylic acids is 3. The SMILES string of the molecule is COC(=O)CN1C(=O)CC(C(N)=O)SC1=Nc1cccc(Cl)c1. The molecular weight excluding hydrogens is 342 g/mol. The Bertz CT molecular complexity index is 680. The average molecular weight is 356 g/mol. The Morgan fingerprint density at radius 2 is 2.26 bits per heavy atom. The van der Waals surface area contributed by atoms with Gasteiger partial charge in [0.25, 0.3) is 0 Å². The molecule has 1 heterocycles. The largest absolute Gasteiger partial charge is 0.468 e. The van der Waals surface area contributed by atoms with Crippen LogP contribution in [0.1, 0.15) is 6.42 Å². The number of methoxy groups -OCH3 is 1. The van der Waals surface area contributed by atoms with Crippen LogP contribution in [0.4, 0.5) is 5.69 Å². The lowest BCUT2D eigenvalue weighted by atomic mass is 10.2. The molecule has 7 nitrogen and oxygen atoms in total. The molecule has 1 atom stereocenters. The molecule has 2 amide bonds. The molecule has 1 unspecified atom stereocenters. The number of hydrogen-bond acceptors (Lipinski definition) is 6. The number of primary amides is 1. The van der Waals surface area contributed by atoms with Gasteiger partial charge < -0.3 is 10.5 Å². The van der Waals surface area contributed by atoms with Crippen molar-refractivity contribution in [2.24, 2.45) is 10.7 Å². The van der Waals surface area contributed by atoms with Gasteiger partial charge in [-0.2, -0.15) is 0 Å². The molecule has 0 bridgehead atoms. The molecule has 2 rings (SSSR count). The maximum absolute atomic E-state index is 12.2. The van der Waals surface area contributed by atoms with E-state index in [-0.39, 0.29) is 18.1 Å². The lowest BCUT2D eigenvalue weighted by Crippen LogP contribution is -2.47. The smallest absolute Gasteiger partial charge is 0.325 e. The molecule has 2 N–H and O–H groups in total. The Morgan fingerprint density at radius 1 is 1.52 bits per heavy atom. The number of thioether (sulfide) groups is 1. The summed E-state index contributed by atoms with van der Waals surface area (Å²) >= 11 is 6.94. The first kappa shape index (κ1) is 17.3. The minimum atomic E-state index is -0.727. The van der Waals surface area contributed by atoms with Gasteiger partial charge in [0.15, 0.2) is 5.17 Å². The number of halogens is 1. The van der Waals surface area contributed by atoms with E-state index in [9.17, 15) is 14.4 Å². The lowest BCUT2D eigenvalue weighted by Gasteiger charge is -2.30. The third-order valence-electron chi connectivity index (χ3n) is 3.00. The summed E-state index contributed by atoms with van der Waals surface area (Å²) in [5.74, 6) is -1.62. The van der Waals surface area contributed by atoms with Crippen LogP contribution in [0.15, 0.2) is 29.3 Å². The number of hydrogen-bond donors (Lipinski definition) is 1. The van der Waals surface area contributed by atoms with Crippen LogP contribution < -0.4 is 5.73 Å². The predicted molar refractivity (Wildman–Crippen MR) is 87.5 cm³/mol. The van der Waals surface area contributed by atoms with Crippen molar-refractivity contribution in [3.8, 4) is 0 Å². The number of rotatable bonds is 4. The number of esters is 1. The van der Waals surface area contributed by atoms with Crippen LogP contribution in [0.5, 0.6) is 0 Å². The van der Waals surface area contributed by atoms with E-state index in [2.05, 4.69) is 9.73 Å². The molecule has 0 aromatic heterocycles. The molecule has 23 heavy (non-hydrogen) atoms. The fourth-order valence-electron chi connectivity index (χ4n) is 1.86. The van der Waals surface area contributed by atoms with Gasteiger partial charge in [0.2, 0.25) is 11.8 Å². The molecule has 0 saturated carbocycles. The fourth-order valence-corrected chi connectivity index (χ4v) is 3.09. The van der Waals surface area contributed by atoms with E-state index in [1.54, 1.807) is 24.3 Å². The highest BCUT2D eigenvalue weighted by Crippen LogP contribution is 2.29. The number of nitrogens with zero attached hydrogens (tertiary/aromatic N) is 2. The van der Waals surface area contributed by atoms with E-state index in [4.69, 9.17) is 17.3 Å². The first-order valence-corrected chi connectivity index (χ1v) is 7.84. The zero-order valence-electron chi connectivity index (χ0n) is 12.2. The normalized spacial score (nSPS) is 19.7. The second-order valence-electron chi connectivity index (χ2n) is 4.64. The standard InChI is InChI=1S/C14H14ClN3O4S/c1-22-12(20)7-18-11(19)6-10(13(16)21)23-14(18)17-9-4-2-3-8(15)5-9/h2-5,10H,6-7H2,1H3,(H2,16,21). The Hall–Kier alpha value is -2.06. The number of carbonyl (C=O) groups is 3. The van der Waals surface area contributed by atoms with Crippen molar-refractivity contribution < 1.29 is 19.1 Å². The Balaban J connectivity index is 2.36. The maximum atomic E-state index is 12.2. The zero-order valence-corrected chi connectivity index (χ0v) is 13.8. The quantitative estimate of drug-likeness (QED) is 0.820. The predicted octanol–water partition coefficient (Wildman–Crippen LogP) is 1.32. The van der Waals surface area contributed by atoms with Crippen LogP contribution in [-0.2, 0) is 19.1 Å². The Kier molecular flexibility index (Phi) is 5.62. The van der Waals surface area contributed by atoms with Crippen LogP contribution in [-0.4, -0.2) is 46.8 Å². The van der Waals surface area contributed by atoms with Crippen molar-refractivity contribution in [3.63, 3.8) is 0 Å². The van der Waals surface area contributed by atoms with Crippen molar-refractivity contribution in [2.45, 2.75) is 11.7 Å². The molecule has 0 radical (unpaired) electrons. The van der Waals surface area contributed by atoms with Gasteiger partial charge in [-0.25, -0.2) is 4.99 Å². The van der Waals surface area contributed by atoms with Crippen LogP contribution in [0.3, 0.4) is 0 Å². The Labute approximate surface area is 141 Å². The molecule has 1 aliphatic heterocycles. The van der Waals surface area contributed by atoms with E-state index in [0.29, 0.717) is 10.7 Å². The molecule has 1 aliphatic rings. The lowest BCUT2D eigenvalue weighted by molar-refractivity contribution is -0.144. The summed E-state index contributed by atoms with van der Waals surface area (Å²) in [4.78, 5) is 40.6. The summed E-state index contributed by atoms with van der Waals surface area (Å²) in [6, 6.07) is 6.67. The molecule has 1 aromatic rings. The van der Waals surface area contributed by atoms with E-state index < -0.39 is 23.0 Å². The summed E-state index contributed by atoms with van der Waals surface area (Å²) in [7, 11) is 1.23. The molecule has 0 spiro atoms. The first-order valence-electron chi connectivity index (χ1n) is 6.58. The number of amidine groups is 1. The molecule has 0 aliphatic carbocycles. The molecule has 1 saturated heterocycles.